The number of fused-ring (bicyclic) bond motifs is 4. The van der Waals surface area contributed by atoms with Gasteiger partial charge in [0.2, 0.25) is 0 Å². The molecule has 224 valence electrons. The summed E-state index contributed by atoms with van der Waals surface area (Å²) in [6.45, 7) is 0. The van der Waals surface area contributed by atoms with Crippen molar-refractivity contribution in [3.8, 4) is 56.0 Å². The van der Waals surface area contributed by atoms with Crippen LogP contribution in [0.2, 0.25) is 0 Å². The maximum absolute atomic E-state index is 5.28. The molecule has 9 aromatic rings. The van der Waals surface area contributed by atoms with Crippen LogP contribution in [0.4, 0.5) is 0 Å². The third kappa shape index (κ3) is 5.10. The quantitative estimate of drug-likeness (QED) is 0.181. The predicted octanol–water partition coefficient (Wildman–Crippen LogP) is 12.3. The van der Waals surface area contributed by atoms with Crippen molar-refractivity contribution in [3.05, 3.63) is 182 Å². The summed E-state index contributed by atoms with van der Waals surface area (Å²) in [5.74, 6) is 0.730. The van der Waals surface area contributed by atoms with Gasteiger partial charge in [-0.3, -0.25) is 0 Å². The summed E-state index contributed by atoms with van der Waals surface area (Å²) < 4.78 is 0. The Labute approximate surface area is 279 Å². The first kappa shape index (κ1) is 27.9. The van der Waals surface area contributed by atoms with Crippen molar-refractivity contribution in [2.45, 2.75) is 0 Å². The average Bonchev–Trinajstić information content (AvgIpc) is 3.17. The van der Waals surface area contributed by atoms with E-state index in [4.69, 9.17) is 9.97 Å². The van der Waals surface area contributed by atoms with Crippen LogP contribution in [0.15, 0.2) is 182 Å². The maximum Gasteiger partial charge on any atom is 0.160 e. The summed E-state index contributed by atoms with van der Waals surface area (Å²) >= 11 is 0. The minimum atomic E-state index is 0.730. The fourth-order valence-corrected chi connectivity index (χ4v) is 6.78. The molecule has 0 N–H and O–H groups in total. The molecule has 1 aromatic heterocycles. The molecule has 0 aliphatic carbocycles. The lowest BCUT2D eigenvalue weighted by Crippen LogP contribution is -1.96. The Hall–Kier alpha value is -6.38. The largest absolute Gasteiger partial charge is 0.228 e. The van der Waals surface area contributed by atoms with E-state index in [0.717, 1.165) is 44.5 Å². The maximum atomic E-state index is 5.28. The molecule has 0 aliphatic heterocycles. The fraction of sp³-hybridized carbons (Fsp3) is 0. The summed E-state index contributed by atoms with van der Waals surface area (Å²) in [5.41, 5.74) is 11.1. The standard InChI is InChI=1S/C46H30N2/c1-2-10-31(11-3-1)37-15-8-17-39(28-37)40-18-9-16-38(29-40)33-20-23-35(24-21-33)45-44-42-19-7-6-13-34(42)26-27-43(44)47-46(48-45)41-25-22-32-12-4-5-14-36(32)30-41/h1-30H. The summed E-state index contributed by atoms with van der Waals surface area (Å²) in [5, 5.41) is 5.79. The Morgan fingerprint density at radius 2 is 0.812 bits per heavy atom. The van der Waals surface area contributed by atoms with E-state index in [1.165, 1.54) is 44.0 Å². The van der Waals surface area contributed by atoms with Crippen LogP contribution in [-0.2, 0) is 0 Å². The van der Waals surface area contributed by atoms with Crippen molar-refractivity contribution in [1.82, 2.24) is 9.97 Å². The lowest BCUT2D eigenvalue weighted by Gasteiger charge is -2.13. The molecule has 2 nitrogen and oxygen atoms in total. The highest BCUT2D eigenvalue weighted by Gasteiger charge is 2.15. The van der Waals surface area contributed by atoms with Gasteiger partial charge in [-0.2, -0.15) is 0 Å². The van der Waals surface area contributed by atoms with Crippen molar-refractivity contribution >= 4 is 32.4 Å². The van der Waals surface area contributed by atoms with Crippen LogP contribution < -0.4 is 0 Å². The van der Waals surface area contributed by atoms with E-state index in [1.54, 1.807) is 0 Å². The average molecular weight is 611 g/mol. The Morgan fingerprint density at radius 3 is 1.54 bits per heavy atom. The Balaban J connectivity index is 1.13. The number of rotatable bonds is 5. The Bertz CT molecular complexity index is 2600. The van der Waals surface area contributed by atoms with Gasteiger partial charge in [-0.05, 0) is 79.2 Å². The van der Waals surface area contributed by atoms with Gasteiger partial charge in [-0.25, -0.2) is 9.97 Å². The molecule has 1 heterocycles. The van der Waals surface area contributed by atoms with E-state index in [-0.39, 0.29) is 0 Å². The monoisotopic (exact) mass is 610 g/mol. The zero-order valence-electron chi connectivity index (χ0n) is 26.2. The van der Waals surface area contributed by atoms with Crippen molar-refractivity contribution in [2.75, 3.05) is 0 Å². The second-order valence-electron chi connectivity index (χ2n) is 12.2. The van der Waals surface area contributed by atoms with Gasteiger partial charge in [0.15, 0.2) is 5.82 Å². The van der Waals surface area contributed by atoms with Crippen LogP contribution in [0.3, 0.4) is 0 Å². The first-order valence-corrected chi connectivity index (χ1v) is 16.3. The van der Waals surface area contributed by atoms with Crippen LogP contribution in [-0.4, -0.2) is 9.97 Å². The van der Waals surface area contributed by atoms with Gasteiger partial charge in [0, 0.05) is 16.5 Å². The first-order valence-electron chi connectivity index (χ1n) is 16.3. The number of hydrogen-bond acceptors (Lipinski definition) is 2. The van der Waals surface area contributed by atoms with Crippen LogP contribution in [0.5, 0.6) is 0 Å². The molecule has 0 spiro atoms. The molecule has 0 amide bonds. The van der Waals surface area contributed by atoms with E-state index >= 15 is 0 Å². The lowest BCUT2D eigenvalue weighted by molar-refractivity contribution is 1.23. The number of aromatic nitrogens is 2. The SMILES string of the molecule is c1ccc(-c2cccc(-c3cccc(-c4ccc(-c5nc(-c6ccc7ccccc7c6)nc6ccc7ccccc7c56)cc4)c3)c2)cc1. The minimum Gasteiger partial charge on any atom is -0.228 e. The molecule has 0 aliphatic rings. The molecule has 0 unspecified atom stereocenters. The third-order valence-corrected chi connectivity index (χ3v) is 9.25. The van der Waals surface area contributed by atoms with E-state index < -0.39 is 0 Å². The van der Waals surface area contributed by atoms with Gasteiger partial charge in [-0.1, -0.05) is 158 Å². The van der Waals surface area contributed by atoms with Crippen LogP contribution in [0.1, 0.15) is 0 Å². The van der Waals surface area contributed by atoms with E-state index in [2.05, 4.69) is 182 Å². The Morgan fingerprint density at radius 1 is 0.292 bits per heavy atom. The summed E-state index contributed by atoms with van der Waals surface area (Å²) in [6, 6.07) is 64.6. The van der Waals surface area contributed by atoms with E-state index in [1.807, 2.05) is 0 Å². The highest BCUT2D eigenvalue weighted by Crippen LogP contribution is 2.36. The molecule has 0 radical (unpaired) electrons. The van der Waals surface area contributed by atoms with Gasteiger partial charge in [0.1, 0.15) is 0 Å². The molecule has 0 bridgehead atoms. The molecule has 2 heteroatoms. The summed E-state index contributed by atoms with van der Waals surface area (Å²) in [4.78, 5) is 10.4. The lowest BCUT2D eigenvalue weighted by atomic mass is 9.95. The molecular weight excluding hydrogens is 581 g/mol. The predicted molar refractivity (Wildman–Crippen MR) is 202 cm³/mol. The number of benzene rings is 8. The van der Waals surface area contributed by atoms with Crippen molar-refractivity contribution in [1.29, 1.82) is 0 Å². The van der Waals surface area contributed by atoms with Crippen molar-refractivity contribution in [2.24, 2.45) is 0 Å². The fourth-order valence-electron chi connectivity index (χ4n) is 6.78. The van der Waals surface area contributed by atoms with Gasteiger partial charge in [-0.15, -0.1) is 0 Å². The molecule has 0 atom stereocenters. The van der Waals surface area contributed by atoms with E-state index in [0.29, 0.717) is 0 Å². The second-order valence-corrected chi connectivity index (χ2v) is 12.2. The minimum absolute atomic E-state index is 0.730. The molecule has 0 saturated heterocycles. The van der Waals surface area contributed by atoms with Crippen LogP contribution >= 0.6 is 0 Å². The molecular formula is C46H30N2. The van der Waals surface area contributed by atoms with Crippen LogP contribution in [0, 0.1) is 0 Å². The van der Waals surface area contributed by atoms with Crippen molar-refractivity contribution < 1.29 is 0 Å². The topological polar surface area (TPSA) is 25.8 Å². The van der Waals surface area contributed by atoms with E-state index in [9.17, 15) is 0 Å². The molecule has 0 fully saturated rings. The summed E-state index contributed by atoms with van der Waals surface area (Å²) in [7, 11) is 0. The summed E-state index contributed by atoms with van der Waals surface area (Å²) in [6.07, 6.45) is 0. The molecule has 8 aromatic carbocycles. The number of nitrogens with zero attached hydrogens (tertiary/aromatic N) is 2. The highest BCUT2D eigenvalue weighted by atomic mass is 14.9. The highest BCUT2D eigenvalue weighted by molar-refractivity contribution is 6.12. The van der Waals surface area contributed by atoms with Gasteiger partial charge in [0.05, 0.1) is 11.2 Å². The van der Waals surface area contributed by atoms with Gasteiger partial charge >= 0.3 is 0 Å². The smallest absolute Gasteiger partial charge is 0.160 e. The molecule has 9 rings (SSSR count). The zero-order valence-corrected chi connectivity index (χ0v) is 26.2. The van der Waals surface area contributed by atoms with Crippen LogP contribution in [0.25, 0.3) is 88.5 Å². The second kappa shape index (κ2) is 11.8. The van der Waals surface area contributed by atoms with Gasteiger partial charge in [0.25, 0.3) is 0 Å². The third-order valence-electron chi connectivity index (χ3n) is 9.25. The van der Waals surface area contributed by atoms with Gasteiger partial charge < -0.3 is 0 Å². The normalized spacial score (nSPS) is 11.3. The zero-order chi connectivity index (χ0) is 31.9. The first-order chi connectivity index (χ1) is 23.8. The molecule has 48 heavy (non-hydrogen) atoms. The Kier molecular flexibility index (Phi) is 6.84. The number of hydrogen-bond donors (Lipinski definition) is 0. The molecule has 0 saturated carbocycles. The van der Waals surface area contributed by atoms with Crippen molar-refractivity contribution in [3.63, 3.8) is 0 Å².